The molecule has 2 atom stereocenters. The maximum Gasteiger partial charge on any atom is -1.00 e. The summed E-state index contributed by atoms with van der Waals surface area (Å²) in [4.78, 5) is 0. The van der Waals surface area contributed by atoms with E-state index < -0.39 is 16.6 Å². The van der Waals surface area contributed by atoms with Gasteiger partial charge < -0.3 is 24.8 Å². The molecule has 5 rings (SSSR count). The van der Waals surface area contributed by atoms with E-state index in [4.69, 9.17) is 0 Å². The van der Waals surface area contributed by atoms with Crippen molar-refractivity contribution >= 4 is 0 Å². The fourth-order valence-electron chi connectivity index (χ4n) is 4.99. The van der Waals surface area contributed by atoms with Gasteiger partial charge in [-0.2, -0.15) is 0 Å². The van der Waals surface area contributed by atoms with Crippen molar-refractivity contribution in [3.8, 4) is 11.1 Å². The Kier molecular flexibility index (Phi) is 4.88. The molecule has 1 heterocycles. The number of hydrogen-bond donors (Lipinski definition) is 0. The Morgan fingerprint density at radius 2 is 1.42 bits per heavy atom. The molecule has 0 saturated carbocycles. The summed E-state index contributed by atoms with van der Waals surface area (Å²) in [5.41, 5.74) is 6.25. The molecule has 2 aromatic carbocycles. The van der Waals surface area contributed by atoms with Crippen molar-refractivity contribution in [1.82, 2.24) is 0 Å². The quantitative estimate of drug-likeness (QED) is 0.633. The molecule has 0 aromatic heterocycles. The van der Waals surface area contributed by atoms with Crippen LogP contribution in [0.25, 0.3) is 11.1 Å². The smallest absolute Gasteiger partial charge is 1.00 e. The van der Waals surface area contributed by atoms with Crippen molar-refractivity contribution in [3.63, 3.8) is 0 Å². The van der Waals surface area contributed by atoms with Gasteiger partial charge in [0, 0.05) is 0 Å². The number of halogens is 2. The predicted molar refractivity (Wildman–Crippen MR) is 89.8 cm³/mol. The molecular weight excluding hydrogens is 371 g/mol. The maximum absolute atomic E-state index is 2.52. The van der Waals surface area contributed by atoms with E-state index in [1.54, 1.807) is 11.1 Å². The zero-order valence-corrected chi connectivity index (χ0v) is 16.7. The molecule has 3 heteroatoms. The van der Waals surface area contributed by atoms with Crippen LogP contribution in [0.2, 0.25) is 8.95 Å². The van der Waals surface area contributed by atoms with Gasteiger partial charge in [0.05, 0.1) is 0 Å². The Morgan fingerprint density at radius 1 is 0.875 bits per heavy atom. The summed E-state index contributed by atoms with van der Waals surface area (Å²) in [5.74, 6) is 0. The summed E-state index contributed by atoms with van der Waals surface area (Å²) in [7, 11) is 0. The third-order valence-corrected chi connectivity index (χ3v) is 15.4. The van der Waals surface area contributed by atoms with Gasteiger partial charge in [-0.15, -0.1) is 0 Å². The SMILES string of the molecule is C[CH]1[CH2][Ti+2]1([C]1=CC=CC1)[CH]1c2ccccc2-c2ccccc21.[Cl-].[Cl-]. The summed E-state index contributed by atoms with van der Waals surface area (Å²) in [6.07, 6.45) is 8.35. The first-order valence-corrected chi connectivity index (χ1v) is 12.1. The van der Waals surface area contributed by atoms with Gasteiger partial charge in [0.25, 0.3) is 0 Å². The third kappa shape index (κ3) is 2.31. The monoisotopic (exact) mass is 390 g/mol. The molecule has 1 fully saturated rings. The van der Waals surface area contributed by atoms with Gasteiger partial charge in [-0.05, 0) is 0 Å². The van der Waals surface area contributed by atoms with Crippen LogP contribution in [0.15, 0.2) is 70.6 Å². The van der Waals surface area contributed by atoms with Gasteiger partial charge in [0.1, 0.15) is 0 Å². The standard InChI is InChI=1S/C13H9.C5H5.C3H6.2ClH.Ti/c1-3-7-12-10(5-1)9-11-6-2-4-8-13(11)12;1-2-4-5-3-1;1-3-2;;;/h1-9H;1-3H,4H2;3H,1H2,2H3;2*1H;/q;;;;;+2/p-2. The van der Waals surface area contributed by atoms with Crippen molar-refractivity contribution in [3.05, 3.63) is 81.8 Å². The zero-order chi connectivity index (χ0) is 14.7. The van der Waals surface area contributed by atoms with Crippen LogP contribution in [0.1, 0.15) is 28.7 Å². The molecule has 0 nitrogen and oxygen atoms in total. The Hall–Kier alpha value is -0.786. The molecule has 0 amide bonds. The zero-order valence-electron chi connectivity index (χ0n) is 13.7. The largest absolute Gasteiger partial charge is 1.00 e. The molecular formula is C21H20Cl2Ti. The van der Waals surface area contributed by atoms with Crippen LogP contribution in [-0.4, -0.2) is 0 Å². The van der Waals surface area contributed by atoms with Crippen molar-refractivity contribution in [2.24, 2.45) is 0 Å². The maximum atomic E-state index is 2.52. The number of rotatable bonds is 2. The van der Waals surface area contributed by atoms with Crippen LogP contribution in [0.5, 0.6) is 0 Å². The fraction of sp³-hybridized carbons (Fsp3) is 0.238. The first-order chi connectivity index (χ1) is 10.8. The van der Waals surface area contributed by atoms with Crippen LogP contribution < -0.4 is 24.8 Å². The van der Waals surface area contributed by atoms with Crippen LogP contribution in [0.3, 0.4) is 0 Å². The van der Waals surface area contributed by atoms with E-state index in [0.29, 0.717) is 0 Å². The van der Waals surface area contributed by atoms with E-state index in [9.17, 15) is 0 Å². The molecule has 2 unspecified atom stereocenters. The van der Waals surface area contributed by atoms with Gasteiger partial charge in [-0.25, -0.2) is 0 Å². The molecule has 1 saturated heterocycles. The second-order valence-corrected chi connectivity index (χ2v) is 14.4. The second-order valence-electron chi connectivity index (χ2n) is 7.08. The molecule has 3 aliphatic rings. The van der Waals surface area contributed by atoms with Crippen LogP contribution in [0, 0.1) is 0 Å². The van der Waals surface area contributed by atoms with Crippen molar-refractivity contribution in [1.29, 1.82) is 0 Å². The summed E-state index contributed by atoms with van der Waals surface area (Å²) in [6, 6.07) is 18.3. The van der Waals surface area contributed by atoms with Gasteiger partial charge in [-0.1, -0.05) is 0 Å². The Balaban J connectivity index is 0.000000845. The molecule has 0 radical (unpaired) electrons. The molecule has 0 spiro atoms. The molecule has 2 aromatic rings. The third-order valence-electron chi connectivity index (χ3n) is 6.08. The summed E-state index contributed by atoms with van der Waals surface area (Å²) in [5, 5.41) is 0. The molecule has 122 valence electrons. The fourth-order valence-corrected chi connectivity index (χ4v) is 15.0. The van der Waals surface area contributed by atoms with Gasteiger partial charge in [0.2, 0.25) is 0 Å². The Labute approximate surface area is 160 Å². The molecule has 0 bridgehead atoms. The molecule has 24 heavy (non-hydrogen) atoms. The normalized spacial score (nSPS) is 23.4. The van der Waals surface area contributed by atoms with Crippen LogP contribution in [0.4, 0.5) is 0 Å². The summed E-state index contributed by atoms with van der Waals surface area (Å²) >= 11 is -2.01. The Morgan fingerprint density at radius 3 is 1.88 bits per heavy atom. The van der Waals surface area contributed by atoms with Crippen molar-refractivity contribution in [2.45, 2.75) is 26.5 Å². The first kappa shape index (κ1) is 18.0. The van der Waals surface area contributed by atoms with Crippen molar-refractivity contribution in [2.75, 3.05) is 0 Å². The van der Waals surface area contributed by atoms with Gasteiger partial charge >= 0.3 is 136 Å². The average Bonchev–Trinajstić information content (AvgIpc) is 2.99. The topological polar surface area (TPSA) is 0 Å². The second kappa shape index (κ2) is 6.50. The number of allylic oxidation sites excluding steroid dienone is 4. The molecule has 1 aliphatic heterocycles. The van der Waals surface area contributed by atoms with E-state index in [1.807, 2.05) is 3.88 Å². The van der Waals surface area contributed by atoms with E-state index in [1.165, 1.54) is 22.3 Å². The van der Waals surface area contributed by atoms with E-state index in [0.717, 1.165) is 8.45 Å². The van der Waals surface area contributed by atoms with Gasteiger partial charge in [-0.3, -0.25) is 0 Å². The van der Waals surface area contributed by atoms with Crippen LogP contribution in [-0.2, 0) is 16.6 Å². The number of benzene rings is 2. The predicted octanol–water partition coefficient (Wildman–Crippen LogP) is 0.00240. The van der Waals surface area contributed by atoms with E-state index in [-0.39, 0.29) is 24.8 Å². The molecule has 0 N–H and O–H groups in total. The first-order valence-electron chi connectivity index (χ1n) is 8.37. The minimum atomic E-state index is -2.01. The number of hydrogen-bond acceptors (Lipinski definition) is 0. The summed E-state index contributed by atoms with van der Waals surface area (Å²) in [6.45, 7) is 2.52. The van der Waals surface area contributed by atoms with E-state index >= 15 is 0 Å². The Bertz CT molecular complexity index is 794. The molecule has 2 aliphatic carbocycles. The van der Waals surface area contributed by atoms with Gasteiger partial charge in [0.15, 0.2) is 0 Å². The average molecular weight is 391 g/mol. The summed E-state index contributed by atoms with van der Waals surface area (Å²) < 4.78 is 5.05. The minimum Gasteiger partial charge on any atom is -1.00 e. The van der Waals surface area contributed by atoms with E-state index in [2.05, 4.69) is 73.7 Å². The van der Waals surface area contributed by atoms with Crippen molar-refractivity contribution < 1.29 is 41.4 Å². The number of fused-ring (bicyclic) bond motifs is 3. The van der Waals surface area contributed by atoms with Crippen LogP contribution >= 0.6 is 0 Å². The minimum absolute atomic E-state index is 0.